The fraction of sp³-hybridized carbons (Fsp3) is 0.769. The van der Waals surface area contributed by atoms with Gasteiger partial charge in [0.2, 0.25) is 0 Å². The predicted octanol–water partition coefficient (Wildman–Crippen LogP) is 3.51. The van der Waals surface area contributed by atoms with Crippen molar-refractivity contribution in [3.8, 4) is 0 Å². The molecule has 78 valence electrons. The van der Waals surface area contributed by atoms with Gasteiger partial charge in [-0.25, -0.2) is 0 Å². The quantitative estimate of drug-likeness (QED) is 0.669. The van der Waals surface area contributed by atoms with E-state index in [4.69, 9.17) is 0 Å². The summed E-state index contributed by atoms with van der Waals surface area (Å²) in [6.45, 7) is 3.23. The van der Waals surface area contributed by atoms with Gasteiger partial charge in [-0.3, -0.25) is 0 Å². The topological polar surface area (TPSA) is 12.0 Å². The number of allylic oxidation sites excluding steroid dienone is 1. The van der Waals surface area contributed by atoms with Gasteiger partial charge in [-0.1, -0.05) is 38.2 Å². The van der Waals surface area contributed by atoms with Crippen LogP contribution in [0.1, 0.15) is 51.4 Å². The van der Waals surface area contributed by atoms with Crippen LogP contribution < -0.4 is 5.32 Å². The van der Waals surface area contributed by atoms with Crippen LogP contribution in [0.25, 0.3) is 0 Å². The lowest BCUT2D eigenvalue weighted by Crippen LogP contribution is -2.20. The van der Waals surface area contributed by atoms with Crippen LogP contribution in [0.15, 0.2) is 12.3 Å². The molecule has 1 aliphatic heterocycles. The highest BCUT2D eigenvalue weighted by Gasteiger charge is 2.21. The molecule has 1 fully saturated rings. The molecular weight excluding hydrogens is 170 g/mol. The molecule has 0 spiro atoms. The second-order valence-electron chi connectivity index (χ2n) is 4.65. The SMILES string of the molecule is [C]1CC(C2CCCCCCC2)C=CN1. The molecule has 0 bridgehead atoms. The van der Waals surface area contributed by atoms with Gasteiger partial charge in [0.25, 0.3) is 0 Å². The lowest BCUT2D eigenvalue weighted by molar-refractivity contribution is 0.296. The molecule has 2 rings (SSSR count). The first-order valence-electron chi connectivity index (χ1n) is 6.12. The van der Waals surface area contributed by atoms with E-state index in [1.54, 1.807) is 0 Å². The molecule has 0 aromatic heterocycles. The summed E-state index contributed by atoms with van der Waals surface area (Å²) in [4.78, 5) is 0. The van der Waals surface area contributed by atoms with Crippen molar-refractivity contribution >= 4 is 0 Å². The van der Waals surface area contributed by atoms with Gasteiger partial charge in [0, 0.05) is 0 Å². The Balaban J connectivity index is 1.86. The number of hydrogen-bond acceptors (Lipinski definition) is 1. The van der Waals surface area contributed by atoms with Crippen molar-refractivity contribution in [2.45, 2.75) is 51.4 Å². The Labute approximate surface area is 88.0 Å². The first-order chi connectivity index (χ1) is 6.97. The molecule has 1 atom stereocenters. The summed E-state index contributed by atoms with van der Waals surface area (Å²) in [6.07, 6.45) is 15.7. The second-order valence-corrected chi connectivity index (χ2v) is 4.65. The first-order valence-corrected chi connectivity index (χ1v) is 6.12. The van der Waals surface area contributed by atoms with E-state index in [0.717, 1.165) is 18.3 Å². The van der Waals surface area contributed by atoms with E-state index in [9.17, 15) is 0 Å². The third kappa shape index (κ3) is 2.76. The molecule has 1 heteroatoms. The highest BCUT2D eigenvalue weighted by atomic mass is 14.8. The maximum absolute atomic E-state index is 3.23. The van der Waals surface area contributed by atoms with Crippen LogP contribution in [0.2, 0.25) is 0 Å². The average Bonchev–Trinajstić information content (AvgIpc) is 2.18. The van der Waals surface area contributed by atoms with Gasteiger partial charge in [0.05, 0.1) is 6.54 Å². The zero-order valence-electron chi connectivity index (χ0n) is 8.97. The van der Waals surface area contributed by atoms with Crippen LogP contribution in [-0.2, 0) is 0 Å². The molecule has 0 aromatic rings. The van der Waals surface area contributed by atoms with Crippen LogP contribution >= 0.6 is 0 Å². The largest absolute Gasteiger partial charge is 0.381 e. The monoisotopic (exact) mass is 191 g/mol. The molecule has 2 aliphatic rings. The van der Waals surface area contributed by atoms with Crippen molar-refractivity contribution in [1.29, 1.82) is 0 Å². The van der Waals surface area contributed by atoms with Gasteiger partial charge in [0.1, 0.15) is 0 Å². The van der Waals surface area contributed by atoms with E-state index >= 15 is 0 Å². The fourth-order valence-electron chi connectivity index (χ4n) is 2.72. The van der Waals surface area contributed by atoms with Crippen molar-refractivity contribution in [1.82, 2.24) is 5.32 Å². The molecule has 1 nitrogen and oxygen atoms in total. The van der Waals surface area contributed by atoms with E-state index in [0.29, 0.717) is 0 Å². The molecule has 0 aromatic carbocycles. The Morgan fingerprint density at radius 3 is 2.36 bits per heavy atom. The minimum atomic E-state index is 0.773. The van der Waals surface area contributed by atoms with Crippen LogP contribution in [-0.4, -0.2) is 0 Å². The van der Waals surface area contributed by atoms with Gasteiger partial charge in [0.15, 0.2) is 0 Å². The van der Waals surface area contributed by atoms with Crippen molar-refractivity contribution in [3.05, 3.63) is 18.8 Å². The minimum absolute atomic E-state index is 0.773. The van der Waals surface area contributed by atoms with Crippen LogP contribution in [0.4, 0.5) is 0 Å². The maximum Gasteiger partial charge on any atom is 0.0881 e. The predicted molar refractivity (Wildman–Crippen MR) is 59.4 cm³/mol. The van der Waals surface area contributed by atoms with Crippen LogP contribution in [0.3, 0.4) is 0 Å². The Hall–Kier alpha value is -0.460. The van der Waals surface area contributed by atoms with Gasteiger partial charge in [-0.15, -0.1) is 0 Å². The van der Waals surface area contributed by atoms with Crippen LogP contribution in [0, 0.1) is 18.4 Å². The smallest absolute Gasteiger partial charge is 0.0881 e. The van der Waals surface area contributed by atoms with E-state index in [2.05, 4.69) is 24.1 Å². The summed E-state index contributed by atoms with van der Waals surface area (Å²) in [7, 11) is 0. The zero-order chi connectivity index (χ0) is 9.64. The molecule has 14 heavy (non-hydrogen) atoms. The van der Waals surface area contributed by atoms with Gasteiger partial charge in [-0.05, 0) is 37.3 Å². The Kier molecular flexibility index (Phi) is 3.90. The van der Waals surface area contributed by atoms with E-state index in [1.807, 2.05) is 0 Å². The van der Waals surface area contributed by atoms with Crippen molar-refractivity contribution < 1.29 is 0 Å². The summed E-state index contributed by atoms with van der Waals surface area (Å²) in [5, 5.41) is 3.05. The summed E-state index contributed by atoms with van der Waals surface area (Å²) in [5.41, 5.74) is 0. The molecule has 0 saturated heterocycles. The van der Waals surface area contributed by atoms with Gasteiger partial charge in [-0.2, -0.15) is 0 Å². The lowest BCUT2D eigenvalue weighted by Gasteiger charge is -2.28. The third-order valence-corrected chi connectivity index (χ3v) is 3.62. The second kappa shape index (κ2) is 5.43. The molecule has 1 aliphatic carbocycles. The molecule has 1 N–H and O–H groups in total. The maximum atomic E-state index is 3.23. The normalized spacial score (nSPS) is 30.4. The standard InChI is InChI=1S/C13H21N/c1-2-4-6-12(7-5-3-1)13-8-10-14-11-9-13/h8,10,12-14H,1-7,9H2. The molecule has 1 heterocycles. The Bertz CT molecular complexity index is 178. The van der Waals surface area contributed by atoms with Crippen molar-refractivity contribution in [3.63, 3.8) is 0 Å². The molecule has 0 amide bonds. The Morgan fingerprint density at radius 1 is 1.00 bits per heavy atom. The summed E-state index contributed by atoms with van der Waals surface area (Å²) in [5.74, 6) is 1.70. The number of rotatable bonds is 1. The van der Waals surface area contributed by atoms with E-state index in [-0.39, 0.29) is 0 Å². The zero-order valence-corrected chi connectivity index (χ0v) is 8.97. The number of nitrogens with one attached hydrogen (secondary N) is 1. The third-order valence-electron chi connectivity index (χ3n) is 3.62. The van der Waals surface area contributed by atoms with Crippen molar-refractivity contribution in [2.75, 3.05) is 0 Å². The first kappa shape index (κ1) is 10.1. The highest BCUT2D eigenvalue weighted by molar-refractivity contribution is 4.98. The summed E-state index contributed by atoms with van der Waals surface area (Å²) < 4.78 is 0. The van der Waals surface area contributed by atoms with Crippen LogP contribution in [0.5, 0.6) is 0 Å². The average molecular weight is 191 g/mol. The Morgan fingerprint density at radius 2 is 1.71 bits per heavy atom. The molecule has 2 radical (unpaired) electrons. The highest BCUT2D eigenvalue weighted by Crippen LogP contribution is 2.32. The summed E-state index contributed by atoms with van der Waals surface area (Å²) in [6, 6.07) is 0. The summed E-state index contributed by atoms with van der Waals surface area (Å²) >= 11 is 0. The minimum Gasteiger partial charge on any atom is -0.381 e. The lowest BCUT2D eigenvalue weighted by atomic mass is 9.79. The van der Waals surface area contributed by atoms with Gasteiger partial charge >= 0.3 is 0 Å². The molecule has 1 saturated carbocycles. The van der Waals surface area contributed by atoms with Gasteiger partial charge < -0.3 is 5.32 Å². The molecule has 1 unspecified atom stereocenters. The molecular formula is C13H21N. The van der Waals surface area contributed by atoms with Crippen molar-refractivity contribution in [2.24, 2.45) is 11.8 Å². The number of hydrogen-bond donors (Lipinski definition) is 1. The fourth-order valence-corrected chi connectivity index (χ4v) is 2.72. The van der Waals surface area contributed by atoms with E-state index < -0.39 is 0 Å². The van der Waals surface area contributed by atoms with E-state index in [1.165, 1.54) is 44.9 Å².